The summed E-state index contributed by atoms with van der Waals surface area (Å²) in [5.41, 5.74) is 3.63. The Hall–Kier alpha value is -3.26. The van der Waals surface area contributed by atoms with Crippen LogP contribution in [0.15, 0.2) is 52.9 Å². The van der Waals surface area contributed by atoms with Gasteiger partial charge in [0.1, 0.15) is 5.56 Å². The van der Waals surface area contributed by atoms with Crippen LogP contribution in [-0.2, 0) is 13.1 Å². The summed E-state index contributed by atoms with van der Waals surface area (Å²) in [6, 6.07) is 10.1. The Morgan fingerprint density at radius 1 is 1.21 bits per heavy atom. The molecule has 0 unspecified atom stereocenters. The molecule has 0 atom stereocenters. The van der Waals surface area contributed by atoms with Crippen molar-refractivity contribution < 1.29 is 4.79 Å². The lowest BCUT2D eigenvalue weighted by Gasteiger charge is -2.07. The summed E-state index contributed by atoms with van der Waals surface area (Å²) in [7, 11) is 0. The number of amides is 1. The lowest BCUT2D eigenvalue weighted by atomic mass is 10.2. The average molecular weight is 393 g/mol. The molecule has 0 aliphatic rings. The van der Waals surface area contributed by atoms with Crippen molar-refractivity contribution in [2.24, 2.45) is 0 Å². The SMILES string of the molecule is Cc1nn(Cc2ccccc2)c(C)c1CNC(=O)c1cnc2sccn2c1=O. The first-order valence-corrected chi connectivity index (χ1v) is 9.72. The molecule has 3 aromatic heterocycles. The molecular weight excluding hydrogens is 374 g/mol. The van der Waals surface area contributed by atoms with Crippen molar-refractivity contribution in [3.8, 4) is 0 Å². The molecular formula is C20H19N5O2S. The maximum atomic E-state index is 12.5. The van der Waals surface area contributed by atoms with Gasteiger partial charge < -0.3 is 5.32 Å². The zero-order valence-electron chi connectivity index (χ0n) is 15.5. The summed E-state index contributed by atoms with van der Waals surface area (Å²) in [6.45, 7) is 4.88. The van der Waals surface area contributed by atoms with Gasteiger partial charge in [-0.15, -0.1) is 11.3 Å². The lowest BCUT2D eigenvalue weighted by molar-refractivity contribution is 0.0949. The molecule has 8 heteroatoms. The summed E-state index contributed by atoms with van der Waals surface area (Å²) in [4.78, 5) is 29.7. The van der Waals surface area contributed by atoms with Crippen LogP contribution < -0.4 is 10.9 Å². The van der Waals surface area contributed by atoms with Crippen molar-refractivity contribution in [2.45, 2.75) is 26.9 Å². The van der Waals surface area contributed by atoms with Crippen molar-refractivity contribution in [3.63, 3.8) is 0 Å². The van der Waals surface area contributed by atoms with Crippen LogP contribution >= 0.6 is 11.3 Å². The van der Waals surface area contributed by atoms with E-state index in [1.165, 1.54) is 21.9 Å². The first kappa shape index (κ1) is 18.1. The second-order valence-corrected chi connectivity index (χ2v) is 7.38. The van der Waals surface area contributed by atoms with Gasteiger partial charge in [0.15, 0.2) is 4.96 Å². The quantitative estimate of drug-likeness (QED) is 0.565. The van der Waals surface area contributed by atoms with Crippen LogP contribution in [0.4, 0.5) is 0 Å². The number of nitrogens with one attached hydrogen (secondary N) is 1. The molecule has 7 nitrogen and oxygen atoms in total. The fourth-order valence-corrected chi connectivity index (χ4v) is 3.82. The van der Waals surface area contributed by atoms with E-state index >= 15 is 0 Å². The van der Waals surface area contributed by atoms with Crippen LogP contribution in [0.3, 0.4) is 0 Å². The van der Waals surface area contributed by atoms with Crippen LogP contribution in [0.1, 0.15) is 32.9 Å². The third kappa shape index (κ3) is 3.34. The van der Waals surface area contributed by atoms with Gasteiger partial charge in [0.2, 0.25) is 0 Å². The van der Waals surface area contributed by atoms with Gasteiger partial charge in [-0.1, -0.05) is 30.3 Å². The van der Waals surface area contributed by atoms with Crippen molar-refractivity contribution in [1.29, 1.82) is 0 Å². The highest BCUT2D eigenvalue weighted by Crippen LogP contribution is 2.15. The van der Waals surface area contributed by atoms with Gasteiger partial charge in [-0.3, -0.25) is 18.7 Å². The number of nitrogens with zero attached hydrogens (tertiary/aromatic N) is 4. The zero-order valence-corrected chi connectivity index (χ0v) is 16.4. The van der Waals surface area contributed by atoms with Crippen LogP contribution in [0.2, 0.25) is 0 Å². The maximum Gasteiger partial charge on any atom is 0.271 e. The van der Waals surface area contributed by atoms with Crippen molar-refractivity contribution in [2.75, 3.05) is 0 Å². The molecule has 0 aliphatic heterocycles. The van der Waals surface area contributed by atoms with E-state index in [1.807, 2.05) is 36.7 Å². The standard InChI is InChI=1S/C20H19N5O2S/c1-13-16(14(2)25(23-13)12-15-6-4-3-5-7-15)10-21-18(26)17-11-22-20-24(19(17)27)8-9-28-20/h3-9,11H,10,12H2,1-2H3,(H,21,26). The summed E-state index contributed by atoms with van der Waals surface area (Å²) in [5.74, 6) is -0.437. The smallest absolute Gasteiger partial charge is 0.271 e. The normalized spacial score (nSPS) is 11.1. The van der Waals surface area contributed by atoms with Crippen molar-refractivity contribution >= 4 is 22.2 Å². The van der Waals surface area contributed by atoms with E-state index in [2.05, 4.69) is 27.5 Å². The average Bonchev–Trinajstić information content (AvgIpc) is 3.27. The topological polar surface area (TPSA) is 81.3 Å². The van der Waals surface area contributed by atoms with E-state index in [9.17, 15) is 9.59 Å². The molecule has 1 aromatic carbocycles. The molecule has 0 aliphatic carbocycles. The number of carbonyl (C=O) groups excluding carboxylic acids is 1. The molecule has 4 rings (SSSR count). The second-order valence-electron chi connectivity index (χ2n) is 6.51. The van der Waals surface area contributed by atoms with Gasteiger partial charge in [0, 0.05) is 35.6 Å². The van der Waals surface area contributed by atoms with E-state index < -0.39 is 5.91 Å². The molecule has 0 fully saturated rings. The van der Waals surface area contributed by atoms with Crippen LogP contribution in [0.5, 0.6) is 0 Å². The number of benzene rings is 1. The fourth-order valence-electron chi connectivity index (χ4n) is 3.14. The number of fused-ring (bicyclic) bond motifs is 1. The highest BCUT2D eigenvalue weighted by atomic mass is 32.1. The minimum absolute atomic E-state index is 0.0304. The highest BCUT2D eigenvalue weighted by Gasteiger charge is 2.16. The zero-order chi connectivity index (χ0) is 19.7. The molecule has 1 N–H and O–H groups in total. The van der Waals surface area contributed by atoms with Crippen LogP contribution in [0, 0.1) is 13.8 Å². The number of carbonyl (C=O) groups is 1. The van der Waals surface area contributed by atoms with E-state index in [1.54, 1.807) is 11.6 Å². The number of hydrogen-bond acceptors (Lipinski definition) is 5. The van der Waals surface area contributed by atoms with Crippen molar-refractivity contribution in [3.05, 3.63) is 86.5 Å². The Kier molecular flexibility index (Phi) is 4.79. The summed E-state index contributed by atoms with van der Waals surface area (Å²) in [6.07, 6.45) is 2.95. The minimum atomic E-state index is -0.437. The number of hydrogen-bond donors (Lipinski definition) is 1. The third-order valence-electron chi connectivity index (χ3n) is 4.72. The Labute approximate surface area is 165 Å². The Bertz CT molecular complexity index is 1210. The van der Waals surface area contributed by atoms with E-state index in [-0.39, 0.29) is 11.1 Å². The summed E-state index contributed by atoms with van der Waals surface area (Å²) in [5, 5.41) is 9.19. The maximum absolute atomic E-state index is 12.5. The van der Waals surface area contributed by atoms with Gasteiger partial charge in [-0.05, 0) is 19.4 Å². The molecule has 3 heterocycles. The number of aryl methyl sites for hydroxylation is 1. The Morgan fingerprint density at radius 3 is 2.79 bits per heavy atom. The molecule has 0 spiro atoms. The minimum Gasteiger partial charge on any atom is -0.348 e. The molecule has 1 amide bonds. The Balaban J connectivity index is 1.52. The first-order chi connectivity index (χ1) is 13.5. The van der Waals surface area contributed by atoms with E-state index in [0.717, 1.165) is 22.5 Å². The van der Waals surface area contributed by atoms with E-state index in [4.69, 9.17) is 0 Å². The van der Waals surface area contributed by atoms with Gasteiger partial charge in [0.25, 0.3) is 11.5 Å². The van der Waals surface area contributed by atoms with Gasteiger partial charge in [-0.2, -0.15) is 5.10 Å². The molecule has 0 saturated carbocycles. The Morgan fingerprint density at radius 2 is 2.00 bits per heavy atom. The molecule has 0 radical (unpaired) electrons. The summed E-state index contributed by atoms with van der Waals surface area (Å²) >= 11 is 1.35. The van der Waals surface area contributed by atoms with Gasteiger partial charge in [0.05, 0.1) is 12.2 Å². The van der Waals surface area contributed by atoms with Crippen molar-refractivity contribution in [1.82, 2.24) is 24.5 Å². The van der Waals surface area contributed by atoms with Gasteiger partial charge >= 0.3 is 0 Å². The monoisotopic (exact) mass is 393 g/mol. The predicted molar refractivity (Wildman–Crippen MR) is 108 cm³/mol. The highest BCUT2D eigenvalue weighted by molar-refractivity contribution is 7.15. The number of thiazole rings is 1. The first-order valence-electron chi connectivity index (χ1n) is 8.84. The molecule has 142 valence electrons. The van der Waals surface area contributed by atoms with Gasteiger partial charge in [-0.25, -0.2) is 4.98 Å². The largest absolute Gasteiger partial charge is 0.348 e. The van der Waals surface area contributed by atoms with Crippen LogP contribution in [0.25, 0.3) is 4.96 Å². The van der Waals surface area contributed by atoms with E-state index in [0.29, 0.717) is 18.1 Å². The number of aromatic nitrogens is 4. The fraction of sp³-hybridized carbons (Fsp3) is 0.200. The molecule has 0 bridgehead atoms. The third-order valence-corrected chi connectivity index (χ3v) is 5.49. The molecule has 0 saturated heterocycles. The predicted octanol–water partition coefficient (Wildman–Crippen LogP) is 2.55. The number of rotatable bonds is 5. The second kappa shape index (κ2) is 7.40. The summed E-state index contributed by atoms with van der Waals surface area (Å²) < 4.78 is 3.31. The van der Waals surface area contributed by atoms with Crippen LogP contribution in [-0.4, -0.2) is 25.1 Å². The lowest BCUT2D eigenvalue weighted by Crippen LogP contribution is -2.31. The molecule has 28 heavy (non-hydrogen) atoms. The molecule has 4 aromatic rings.